The lowest BCUT2D eigenvalue weighted by atomic mass is 10.1. The van der Waals surface area contributed by atoms with Crippen molar-refractivity contribution < 1.29 is 14.2 Å². The maximum atomic E-state index is 13.3. The normalized spacial score (nSPS) is 14.7. The maximum Gasteiger partial charge on any atom is 0.282 e. The highest BCUT2D eigenvalue weighted by Crippen LogP contribution is 2.37. The Hall–Kier alpha value is -3.39. The summed E-state index contributed by atoms with van der Waals surface area (Å²) in [5.74, 6) is 2.17. The van der Waals surface area contributed by atoms with E-state index >= 15 is 0 Å². The number of likely N-dealkylation sites (tertiary alicyclic amines) is 1. The molecule has 0 N–H and O–H groups in total. The minimum atomic E-state index is -0.189. The smallest absolute Gasteiger partial charge is 0.282 e. The van der Waals surface area contributed by atoms with Crippen LogP contribution in [0.3, 0.4) is 0 Å². The summed E-state index contributed by atoms with van der Waals surface area (Å²) in [7, 11) is 4.68. The van der Waals surface area contributed by atoms with E-state index in [2.05, 4.69) is 10.0 Å². The monoisotopic (exact) mass is 436 g/mol. The van der Waals surface area contributed by atoms with Gasteiger partial charge in [-0.2, -0.15) is 9.78 Å². The van der Waals surface area contributed by atoms with Crippen LogP contribution in [0.1, 0.15) is 30.7 Å². The number of piperidine rings is 1. The van der Waals surface area contributed by atoms with Gasteiger partial charge in [0.2, 0.25) is 5.75 Å². The first kappa shape index (κ1) is 21.8. The Kier molecular flexibility index (Phi) is 6.70. The van der Waals surface area contributed by atoms with Gasteiger partial charge in [-0.1, -0.05) is 18.6 Å². The molecule has 0 radical (unpaired) electrons. The fourth-order valence-electron chi connectivity index (χ4n) is 4.01. The predicted octanol–water partition coefficient (Wildman–Crippen LogP) is 3.29. The Labute approximate surface area is 187 Å². The van der Waals surface area contributed by atoms with Crippen LogP contribution in [-0.2, 0) is 6.54 Å². The largest absolute Gasteiger partial charge is 0.493 e. The molecule has 32 heavy (non-hydrogen) atoms. The van der Waals surface area contributed by atoms with Crippen LogP contribution in [0.15, 0.2) is 46.3 Å². The highest BCUT2D eigenvalue weighted by atomic mass is 16.5. The molecule has 0 unspecified atom stereocenters. The molecule has 2 aromatic carbocycles. The van der Waals surface area contributed by atoms with Crippen LogP contribution < -0.4 is 19.8 Å². The first-order valence-corrected chi connectivity index (χ1v) is 10.7. The Bertz CT molecular complexity index is 1160. The molecular weight excluding hydrogens is 408 g/mol. The fraction of sp³-hybridized carbons (Fsp3) is 0.375. The van der Waals surface area contributed by atoms with Crippen molar-refractivity contribution in [2.24, 2.45) is 5.10 Å². The zero-order valence-corrected chi connectivity index (χ0v) is 18.7. The minimum Gasteiger partial charge on any atom is -0.493 e. The number of rotatable bonds is 7. The summed E-state index contributed by atoms with van der Waals surface area (Å²) in [6.07, 6.45) is 5.18. The summed E-state index contributed by atoms with van der Waals surface area (Å²) in [5, 5.41) is 5.07. The highest BCUT2D eigenvalue weighted by Gasteiger charge is 2.17. The van der Waals surface area contributed by atoms with Crippen LogP contribution in [0.4, 0.5) is 0 Å². The molecule has 8 nitrogen and oxygen atoms in total. The van der Waals surface area contributed by atoms with Gasteiger partial charge < -0.3 is 14.2 Å². The van der Waals surface area contributed by atoms with E-state index in [-0.39, 0.29) is 5.56 Å². The van der Waals surface area contributed by atoms with Gasteiger partial charge in [0.05, 0.1) is 45.0 Å². The third-order valence-corrected chi connectivity index (χ3v) is 5.64. The van der Waals surface area contributed by atoms with E-state index in [9.17, 15) is 4.79 Å². The van der Waals surface area contributed by atoms with Crippen molar-refractivity contribution in [3.63, 3.8) is 0 Å². The number of fused-ring (bicyclic) bond motifs is 1. The molecule has 1 aromatic heterocycles. The summed E-state index contributed by atoms with van der Waals surface area (Å²) in [6, 6.07) is 10.9. The molecule has 1 aliphatic heterocycles. The summed E-state index contributed by atoms with van der Waals surface area (Å²) >= 11 is 0. The summed E-state index contributed by atoms with van der Waals surface area (Å²) in [6.45, 7) is 2.57. The van der Waals surface area contributed by atoms with Gasteiger partial charge in [-0.15, -0.1) is 0 Å². The van der Waals surface area contributed by atoms with Gasteiger partial charge in [0.1, 0.15) is 5.82 Å². The van der Waals surface area contributed by atoms with E-state index < -0.39 is 0 Å². The lowest BCUT2D eigenvalue weighted by Crippen LogP contribution is -2.33. The molecule has 0 aliphatic carbocycles. The van der Waals surface area contributed by atoms with E-state index in [4.69, 9.17) is 19.2 Å². The molecule has 168 valence electrons. The summed E-state index contributed by atoms with van der Waals surface area (Å²) in [4.78, 5) is 20.4. The van der Waals surface area contributed by atoms with Gasteiger partial charge in [-0.25, -0.2) is 4.98 Å². The van der Waals surface area contributed by atoms with Crippen molar-refractivity contribution in [1.82, 2.24) is 14.6 Å². The zero-order chi connectivity index (χ0) is 22.5. The SMILES string of the molecule is COc1cc(/C=N/n2c(CN3CCCCC3)nc3ccccc3c2=O)cc(OC)c1OC. The predicted molar refractivity (Wildman–Crippen MR) is 124 cm³/mol. The Morgan fingerprint density at radius 3 is 2.34 bits per heavy atom. The van der Waals surface area contributed by atoms with Crippen molar-refractivity contribution in [3.8, 4) is 17.2 Å². The fourth-order valence-corrected chi connectivity index (χ4v) is 4.01. The van der Waals surface area contributed by atoms with Crippen molar-refractivity contribution in [3.05, 3.63) is 58.1 Å². The Balaban J connectivity index is 1.77. The van der Waals surface area contributed by atoms with Crippen LogP contribution >= 0.6 is 0 Å². The molecule has 1 fully saturated rings. The van der Waals surface area contributed by atoms with E-state index in [0.29, 0.717) is 46.1 Å². The Morgan fingerprint density at radius 1 is 1.00 bits per heavy atom. The van der Waals surface area contributed by atoms with E-state index in [1.54, 1.807) is 45.7 Å². The average Bonchev–Trinajstić information content (AvgIpc) is 2.83. The lowest BCUT2D eigenvalue weighted by molar-refractivity contribution is 0.213. The Morgan fingerprint density at radius 2 is 1.69 bits per heavy atom. The van der Waals surface area contributed by atoms with Crippen LogP contribution in [0.2, 0.25) is 0 Å². The first-order valence-electron chi connectivity index (χ1n) is 10.7. The molecule has 0 amide bonds. The van der Waals surface area contributed by atoms with Gasteiger partial charge in [0.25, 0.3) is 5.56 Å². The van der Waals surface area contributed by atoms with Crippen molar-refractivity contribution >= 4 is 17.1 Å². The molecule has 0 bridgehead atoms. The standard InChI is InChI=1S/C24H28N4O4/c1-30-20-13-17(14-21(31-2)23(20)32-3)15-25-28-22(16-27-11-7-4-8-12-27)26-19-10-6-5-9-18(19)24(28)29/h5-6,9-10,13-15H,4,7-8,11-12,16H2,1-3H3/b25-15+. The number of hydrogen-bond donors (Lipinski definition) is 0. The molecule has 0 atom stereocenters. The second-order valence-electron chi connectivity index (χ2n) is 7.70. The highest BCUT2D eigenvalue weighted by molar-refractivity contribution is 5.83. The molecule has 0 spiro atoms. The second kappa shape index (κ2) is 9.82. The summed E-state index contributed by atoms with van der Waals surface area (Å²) < 4.78 is 17.6. The third kappa shape index (κ3) is 4.45. The molecule has 1 saturated heterocycles. The van der Waals surface area contributed by atoms with Crippen molar-refractivity contribution in [1.29, 1.82) is 0 Å². The van der Waals surface area contributed by atoms with Crippen molar-refractivity contribution in [2.45, 2.75) is 25.8 Å². The van der Waals surface area contributed by atoms with Gasteiger partial charge in [0, 0.05) is 5.56 Å². The van der Waals surface area contributed by atoms with Gasteiger partial charge >= 0.3 is 0 Å². The molecule has 4 rings (SSSR count). The third-order valence-electron chi connectivity index (χ3n) is 5.64. The minimum absolute atomic E-state index is 0.189. The number of benzene rings is 2. The topological polar surface area (TPSA) is 78.2 Å². The second-order valence-corrected chi connectivity index (χ2v) is 7.70. The molecule has 3 aromatic rings. The zero-order valence-electron chi connectivity index (χ0n) is 18.7. The number of aromatic nitrogens is 2. The number of hydrogen-bond acceptors (Lipinski definition) is 7. The lowest BCUT2D eigenvalue weighted by Gasteiger charge is -2.26. The average molecular weight is 437 g/mol. The number of ether oxygens (including phenoxy) is 3. The van der Waals surface area contributed by atoms with Crippen LogP contribution in [0.25, 0.3) is 10.9 Å². The summed E-state index contributed by atoms with van der Waals surface area (Å²) in [5.41, 5.74) is 1.21. The maximum absolute atomic E-state index is 13.3. The van der Waals surface area contributed by atoms with Crippen molar-refractivity contribution in [2.75, 3.05) is 34.4 Å². The molecule has 1 aliphatic rings. The van der Waals surface area contributed by atoms with Crippen LogP contribution in [0, 0.1) is 0 Å². The van der Waals surface area contributed by atoms with Crippen LogP contribution in [0.5, 0.6) is 17.2 Å². The number of para-hydroxylation sites is 1. The molecule has 8 heteroatoms. The first-order chi connectivity index (χ1) is 15.6. The number of methoxy groups -OCH3 is 3. The quantitative estimate of drug-likeness (QED) is 0.529. The molecule has 2 heterocycles. The molecular formula is C24H28N4O4. The van der Waals surface area contributed by atoms with Gasteiger partial charge in [0.15, 0.2) is 11.5 Å². The van der Waals surface area contributed by atoms with E-state index in [1.165, 1.54) is 11.1 Å². The van der Waals surface area contributed by atoms with E-state index in [1.807, 2.05) is 18.2 Å². The molecule has 0 saturated carbocycles. The van der Waals surface area contributed by atoms with Gasteiger partial charge in [-0.3, -0.25) is 9.69 Å². The number of nitrogens with zero attached hydrogens (tertiary/aromatic N) is 4. The van der Waals surface area contributed by atoms with Crippen LogP contribution in [-0.4, -0.2) is 55.2 Å². The van der Waals surface area contributed by atoms with E-state index in [0.717, 1.165) is 25.9 Å². The van der Waals surface area contributed by atoms with Gasteiger partial charge in [-0.05, 0) is 50.2 Å².